The van der Waals surface area contributed by atoms with E-state index in [0.29, 0.717) is 24.7 Å². The molecule has 2 rings (SSSR count). The molecule has 0 saturated heterocycles. The molecule has 1 unspecified atom stereocenters. The van der Waals surface area contributed by atoms with E-state index >= 15 is 0 Å². The van der Waals surface area contributed by atoms with Gasteiger partial charge < -0.3 is 9.64 Å². The molecule has 142 valence electrons. The number of nitrogens with one attached hydrogen (secondary N) is 1. The van der Waals surface area contributed by atoms with Gasteiger partial charge in [-0.25, -0.2) is 14.3 Å². The van der Waals surface area contributed by atoms with Crippen molar-refractivity contribution in [1.29, 1.82) is 0 Å². The number of H-pyrrole nitrogens is 1. The van der Waals surface area contributed by atoms with Crippen molar-refractivity contribution in [3.8, 4) is 0 Å². The highest BCUT2D eigenvalue weighted by molar-refractivity contribution is 7.99. The fraction of sp³-hybridized carbons (Fsp3) is 0.471. The Morgan fingerprint density at radius 1 is 1.42 bits per heavy atom. The van der Waals surface area contributed by atoms with Crippen molar-refractivity contribution in [2.24, 2.45) is 0 Å². The molecule has 0 aliphatic rings. The molecule has 1 amide bonds. The van der Waals surface area contributed by atoms with Crippen LogP contribution in [-0.2, 0) is 16.1 Å². The van der Waals surface area contributed by atoms with Crippen molar-refractivity contribution < 1.29 is 13.9 Å². The predicted octanol–water partition coefficient (Wildman–Crippen LogP) is 2.06. The van der Waals surface area contributed by atoms with E-state index in [1.54, 1.807) is 31.2 Å². The molecule has 0 spiro atoms. The van der Waals surface area contributed by atoms with Gasteiger partial charge in [-0.15, -0.1) is 5.10 Å². The number of ether oxygens (including phenoxy) is 1. The molecule has 9 heteroatoms. The monoisotopic (exact) mass is 382 g/mol. The number of rotatable bonds is 9. The van der Waals surface area contributed by atoms with Crippen LogP contribution in [0.5, 0.6) is 0 Å². The number of nitrogens with zero attached hydrogens (tertiary/aromatic N) is 3. The molecule has 26 heavy (non-hydrogen) atoms. The zero-order chi connectivity index (χ0) is 19.1. The van der Waals surface area contributed by atoms with E-state index in [4.69, 9.17) is 4.74 Å². The Balaban J connectivity index is 1.95. The normalized spacial score (nSPS) is 12.2. The van der Waals surface area contributed by atoms with Crippen LogP contribution in [0.4, 0.5) is 4.39 Å². The first-order valence-corrected chi connectivity index (χ1v) is 9.20. The molecule has 0 saturated carbocycles. The van der Waals surface area contributed by atoms with Gasteiger partial charge in [0.05, 0.1) is 11.8 Å². The molecule has 0 radical (unpaired) electrons. The van der Waals surface area contributed by atoms with Gasteiger partial charge in [-0.2, -0.15) is 0 Å². The number of carbonyl (C=O) groups is 1. The van der Waals surface area contributed by atoms with Gasteiger partial charge in [0.15, 0.2) is 5.16 Å². The third kappa shape index (κ3) is 5.18. The van der Waals surface area contributed by atoms with Gasteiger partial charge in [-0.1, -0.05) is 23.9 Å². The number of thioether (sulfide) groups is 1. The molecule has 0 aliphatic carbocycles. The van der Waals surface area contributed by atoms with Crippen molar-refractivity contribution >= 4 is 17.7 Å². The van der Waals surface area contributed by atoms with E-state index in [9.17, 15) is 14.0 Å². The number of methoxy groups -OCH3 is 1. The lowest BCUT2D eigenvalue weighted by atomic mass is 10.1. The van der Waals surface area contributed by atoms with Crippen molar-refractivity contribution in [3.63, 3.8) is 0 Å². The number of aromatic nitrogens is 3. The summed E-state index contributed by atoms with van der Waals surface area (Å²) < 4.78 is 19.5. The molecule has 1 atom stereocenters. The Bertz CT molecular complexity index is 775. The minimum Gasteiger partial charge on any atom is -0.385 e. The first-order chi connectivity index (χ1) is 12.4. The first kappa shape index (κ1) is 20.2. The summed E-state index contributed by atoms with van der Waals surface area (Å²) >= 11 is 1.21. The second kappa shape index (κ2) is 9.54. The summed E-state index contributed by atoms with van der Waals surface area (Å²) in [5.41, 5.74) is 0.549. The first-order valence-electron chi connectivity index (χ1n) is 8.22. The molecule has 0 fully saturated rings. The second-order valence-corrected chi connectivity index (χ2v) is 6.77. The minimum atomic E-state index is -0.310. The van der Waals surface area contributed by atoms with E-state index in [1.807, 2.05) is 6.92 Å². The van der Waals surface area contributed by atoms with E-state index in [0.717, 1.165) is 5.56 Å². The van der Waals surface area contributed by atoms with Crippen molar-refractivity contribution in [1.82, 2.24) is 19.7 Å². The molecule has 1 heterocycles. The number of hydrogen-bond acceptors (Lipinski definition) is 5. The van der Waals surface area contributed by atoms with Crippen LogP contribution in [0.25, 0.3) is 0 Å². The third-order valence-corrected chi connectivity index (χ3v) is 5.07. The standard InChI is InChI=1S/C17H23FN4O3S/c1-12(13-5-7-14(18)8-6-13)21(2)15(23)11-26-17-20-19-16(24)22(17)9-4-10-25-3/h5-8,12H,4,9-11H2,1-3H3,(H,19,24). The van der Waals surface area contributed by atoms with E-state index in [1.165, 1.54) is 28.5 Å². The lowest BCUT2D eigenvalue weighted by molar-refractivity contribution is -0.128. The molecule has 1 N–H and O–H groups in total. The summed E-state index contributed by atoms with van der Waals surface area (Å²) in [6.07, 6.45) is 0.680. The van der Waals surface area contributed by atoms with Crippen LogP contribution in [0.2, 0.25) is 0 Å². The van der Waals surface area contributed by atoms with Crippen LogP contribution in [0.3, 0.4) is 0 Å². The highest BCUT2D eigenvalue weighted by Crippen LogP contribution is 2.21. The lowest BCUT2D eigenvalue weighted by Crippen LogP contribution is -2.31. The Hall–Kier alpha value is -2.13. The Morgan fingerprint density at radius 2 is 2.12 bits per heavy atom. The van der Waals surface area contributed by atoms with Gasteiger partial charge in [0.25, 0.3) is 0 Å². The van der Waals surface area contributed by atoms with Crippen LogP contribution < -0.4 is 5.69 Å². The SMILES string of the molecule is COCCCn1c(SCC(=O)N(C)C(C)c2ccc(F)cc2)n[nH]c1=O. The molecular formula is C17H23FN4O3S. The Morgan fingerprint density at radius 3 is 2.77 bits per heavy atom. The van der Waals surface area contributed by atoms with Crippen molar-refractivity contribution in [2.45, 2.75) is 31.1 Å². The zero-order valence-corrected chi connectivity index (χ0v) is 15.9. The molecular weight excluding hydrogens is 359 g/mol. The molecule has 7 nitrogen and oxygen atoms in total. The second-order valence-electron chi connectivity index (χ2n) is 5.83. The van der Waals surface area contributed by atoms with E-state index < -0.39 is 0 Å². The number of hydrogen-bond donors (Lipinski definition) is 1. The van der Waals surface area contributed by atoms with Crippen LogP contribution >= 0.6 is 11.8 Å². The quantitative estimate of drug-likeness (QED) is 0.530. The summed E-state index contributed by atoms with van der Waals surface area (Å²) in [6.45, 7) is 2.89. The van der Waals surface area contributed by atoms with Gasteiger partial charge in [0, 0.05) is 27.3 Å². The fourth-order valence-electron chi connectivity index (χ4n) is 2.39. The smallest absolute Gasteiger partial charge is 0.343 e. The number of aromatic amines is 1. The van der Waals surface area contributed by atoms with Crippen molar-refractivity contribution in [3.05, 3.63) is 46.1 Å². The number of halogens is 1. The molecule has 2 aromatic rings. The average Bonchev–Trinajstić information content (AvgIpc) is 2.99. The Labute approximate surface area is 155 Å². The van der Waals surface area contributed by atoms with Gasteiger partial charge in [-0.3, -0.25) is 9.36 Å². The number of carbonyl (C=O) groups excluding carboxylic acids is 1. The van der Waals surface area contributed by atoms with Crippen molar-refractivity contribution in [2.75, 3.05) is 26.5 Å². The number of benzene rings is 1. The van der Waals surface area contributed by atoms with E-state index in [2.05, 4.69) is 10.2 Å². The topological polar surface area (TPSA) is 80.2 Å². The number of amides is 1. The summed E-state index contributed by atoms with van der Waals surface area (Å²) in [7, 11) is 3.30. The van der Waals surface area contributed by atoms with E-state index in [-0.39, 0.29) is 29.2 Å². The highest BCUT2D eigenvalue weighted by atomic mass is 32.2. The summed E-state index contributed by atoms with van der Waals surface area (Å²) in [6, 6.07) is 5.89. The lowest BCUT2D eigenvalue weighted by Gasteiger charge is -2.25. The van der Waals surface area contributed by atoms with Gasteiger partial charge in [0.1, 0.15) is 5.82 Å². The minimum absolute atomic E-state index is 0.106. The molecule has 1 aromatic heterocycles. The van der Waals surface area contributed by atoms with Gasteiger partial charge in [0.2, 0.25) is 5.91 Å². The maximum atomic E-state index is 13.0. The maximum absolute atomic E-state index is 13.0. The zero-order valence-electron chi connectivity index (χ0n) is 15.1. The molecule has 0 aliphatic heterocycles. The largest absolute Gasteiger partial charge is 0.385 e. The Kier molecular flexibility index (Phi) is 7.40. The molecule has 0 bridgehead atoms. The van der Waals surface area contributed by atoms with Crippen LogP contribution in [-0.4, -0.2) is 52.1 Å². The third-order valence-electron chi connectivity index (χ3n) is 4.10. The molecule has 1 aromatic carbocycles. The van der Waals surface area contributed by atoms with Crippen LogP contribution in [0.1, 0.15) is 24.9 Å². The van der Waals surface area contributed by atoms with Gasteiger partial charge in [-0.05, 0) is 31.0 Å². The predicted molar refractivity (Wildman–Crippen MR) is 97.6 cm³/mol. The fourth-order valence-corrected chi connectivity index (χ4v) is 3.28. The summed E-state index contributed by atoms with van der Waals surface area (Å²) in [4.78, 5) is 25.9. The highest BCUT2D eigenvalue weighted by Gasteiger charge is 2.19. The van der Waals surface area contributed by atoms with Crippen LogP contribution in [0.15, 0.2) is 34.2 Å². The summed E-state index contributed by atoms with van der Waals surface area (Å²) in [5.74, 6) is -0.266. The average molecular weight is 382 g/mol. The van der Waals surface area contributed by atoms with Gasteiger partial charge >= 0.3 is 5.69 Å². The maximum Gasteiger partial charge on any atom is 0.343 e. The van der Waals surface area contributed by atoms with Crippen LogP contribution in [0, 0.1) is 5.82 Å². The summed E-state index contributed by atoms with van der Waals surface area (Å²) in [5, 5.41) is 6.85.